The minimum Gasteiger partial charge on any atom is -0.339 e. The predicted molar refractivity (Wildman–Crippen MR) is 101 cm³/mol. The maximum atomic E-state index is 12.4. The number of carbonyl (C=O) groups is 1. The van der Waals surface area contributed by atoms with Gasteiger partial charge in [0, 0.05) is 32.1 Å². The summed E-state index contributed by atoms with van der Waals surface area (Å²) < 4.78 is 26.7. The molecule has 0 spiro atoms. The van der Waals surface area contributed by atoms with E-state index in [0.717, 1.165) is 0 Å². The van der Waals surface area contributed by atoms with Crippen LogP contribution in [-0.2, 0) is 14.8 Å². The lowest BCUT2D eigenvalue weighted by atomic mass is 10.1. The first kappa shape index (κ1) is 20.5. The van der Waals surface area contributed by atoms with Crippen LogP contribution in [0.2, 0.25) is 0 Å². The van der Waals surface area contributed by atoms with E-state index in [4.69, 9.17) is 0 Å². The number of nitro benzene ring substituents is 1. The highest BCUT2D eigenvalue weighted by molar-refractivity contribution is 7.89. The highest BCUT2D eigenvalue weighted by atomic mass is 32.2. The molecule has 2 rings (SSSR count). The van der Waals surface area contributed by atoms with Gasteiger partial charge in [-0.15, -0.1) is 0 Å². The summed E-state index contributed by atoms with van der Waals surface area (Å²) in [6.07, 6.45) is -0.0260. The molecule has 0 aromatic heterocycles. The van der Waals surface area contributed by atoms with Gasteiger partial charge in [-0.1, -0.05) is 30.3 Å². The topological polar surface area (TPSA) is 110 Å². The van der Waals surface area contributed by atoms with Crippen LogP contribution in [0.25, 0.3) is 0 Å². The van der Waals surface area contributed by atoms with Crippen molar-refractivity contribution >= 4 is 21.6 Å². The van der Waals surface area contributed by atoms with Gasteiger partial charge in [-0.3, -0.25) is 14.9 Å². The van der Waals surface area contributed by atoms with Crippen molar-refractivity contribution in [3.8, 4) is 0 Å². The molecule has 27 heavy (non-hydrogen) atoms. The third-order valence-corrected chi connectivity index (χ3v) is 5.70. The summed E-state index contributed by atoms with van der Waals surface area (Å²) in [6.45, 7) is 1.72. The number of rotatable bonds is 8. The summed E-state index contributed by atoms with van der Waals surface area (Å²) in [6, 6.07) is 13.6. The molecule has 0 unspecified atom stereocenters. The van der Waals surface area contributed by atoms with Crippen molar-refractivity contribution in [2.45, 2.75) is 24.3 Å². The molecule has 0 radical (unpaired) electrons. The van der Waals surface area contributed by atoms with Crippen molar-refractivity contribution in [3.63, 3.8) is 0 Å². The van der Waals surface area contributed by atoms with E-state index < -0.39 is 14.9 Å². The Balaban J connectivity index is 1.95. The SMILES string of the molecule is C[C@H](c1cccc([N+](=O)[O-])c1)N(C)C(=O)CCNS(=O)(=O)c1ccccc1. The van der Waals surface area contributed by atoms with Crippen molar-refractivity contribution in [1.29, 1.82) is 0 Å². The minimum absolute atomic E-state index is 0.0260. The number of nitrogens with zero attached hydrogens (tertiary/aromatic N) is 2. The summed E-state index contributed by atoms with van der Waals surface area (Å²) in [5.74, 6) is -0.273. The largest absolute Gasteiger partial charge is 0.339 e. The van der Waals surface area contributed by atoms with Crippen LogP contribution in [0.5, 0.6) is 0 Å². The molecule has 9 heteroatoms. The van der Waals surface area contributed by atoms with E-state index in [1.807, 2.05) is 0 Å². The number of amides is 1. The first-order chi connectivity index (χ1) is 12.7. The summed E-state index contributed by atoms with van der Waals surface area (Å²) in [7, 11) is -2.08. The van der Waals surface area contributed by atoms with E-state index in [-0.39, 0.29) is 35.5 Å². The number of non-ortho nitro benzene ring substituents is 1. The first-order valence-corrected chi connectivity index (χ1v) is 9.75. The van der Waals surface area contributed by atoms with Gasteiger partial charge in [0.1, 0.15) is 0 Å². The Labute approximate surface area is 158 Å². The lowest BCUT2D eigenvalue weighted by Gasteiger charge is -2.25. The zero-order chi connectivity index (χ0) is 20.0. The van der Waals surface area contributed by atoms with Gasteiger partial charge < -0.3 is 4.90 Å². The Morgan fingerprint density at radius 2 is 1.85 bits per heavy atom. The summed E-state index contributed by atoms with van der Waals surface area (Å²) in [4.78, 5) is 24.3. The third kappa shape index (κ3) is 5.35. The molecule has 2 aromatic rings. The van der Waals surface area contributed by atoms with Crippen molar-refractivity contribution in [2.24, 2.45) is 0 Å². The standard InChI is InChI=1S/C18H21N3O5S/c1-14(15-7-6-8-16(13-15)21(23)24)20(2)18(22)11-12-19-27(25,26)17-9-4-3-5-10-17/h3-10,13-14,19H,11-12H2,1-2H3/t14-/m1/s1. The smallest absolute Gasteiger partial charge is 0.269 e. The molecule has 0 aliphatic rings. The number of carbonyl (C=O) groups excluding carboxylic acids is 1. The molecule has 8 nitrogen and oxygen atoms in total. The fourth-order valence-corrected chi connectivity index (χ4v) is 3.54. The summed E-state index contributed by atoms with van der Waals surface area (Å²) in [5.41, 5.74) is 0.584. The van der Waals surface area contributed by atoms with Crippen LogP contribution in [-0.4, -0.2) is 37.7 Å². The molecular weight excluding hydrogens is 370 g/mol. The normalized spacial score (nSPS) is 12.4. The Bertz CT molecular complexity index is 916. The van der Waals surface area contributed by atoms with Gasteiger partial charge in [0.15, 0.2) is 0 Å². The number of sulfonamides is 1. The van der Waals surface area contributed by atoms with Crippen LogP contribution in [0.1, 0.15) is 24.9 Å². The number of hydrogen-bond acceptors (Lipinski definition) is 5. The van der Waals surface area contributed by atoms with Crippen molar-refractivity contribution in [2.75, 3.05) is 13.6 Å². The average molecular weight is 391 g/mol. The van der Waals surface area contributed by atoms with E-state index >= 15 is 0 Å². The van der Waals surface area contributed by atoms with E-state index in [1.165, 1.54) is 29.2 Å². The van der Waals surface area contributed by atoms with E-state index in [9.17, 15) is 23.3 Å². The van der Waals surface area contributed by atoms with Gasteiger partial charge in [0.2, 0.25) is 15.9 Å². The molecule has 1 atom stereocenters. The lowest BCUT2D eigenvalue weighted by molar-refractivity contribution is -0.384. The Morgan fingerprint density at radius 3 is 2.48 bits per heavy atom. The van der Waals surface area contributed by atoms with Crippen molar-refractivity contribution in [3.05, 3.63) is 70.3 Å². The van der Waals surface area contributed by atoms with Crippen molar-refractivity contribution < 1.29 is 18.1 Å². The van der Waals surface area contributed by atoms with E-state index in [1.54, 1.807) is 44.3 Å². The van der Waals surface area contributed by atoms with Gasteiger partial charge in [0.05, 0.1) is 15.9 Å². The van der Waals surface area contributed by atoms with E-state index in [2.05, 4.69) is 4.72 Å². The first-order valence-electron chi connectivity index (χ1n) is 8.27. The van der Waals surface area contributed by atoms with Gasteiger partial charge >= 0.3 is 0 Å². The lowest BCUT2D eigenvalue weighted by Crippen LogP contribution is -2.33. The second kappa shape index (κ2) is 8.74. The fourth-order valence-electron chi connectivity index (χ4n) is 2.49. The van der Waals surface area contributed by atoms with Gasteiger partial charge in [-0.2, -0.15) is 0 Å². The molecule has 0 saturated heterocycles. The van der Waals surface area contributed by atoms with Gasteiger partial charge in [-0.25, -0.2) is 13.1 Å². The number of hydrogen-bond donors (Lipinski definition) is 1. The van der Waals surface area contributed by atoms with Crippen LogP contribution in [0.3, 0.4) is 0 Å². The second-order valence-electron chi connectivity index (χ2n) is 5.99. The average Bonchev–Trinajstić information content (AvgIpc) is 2.67. The quantitative estimate of drug-likeness (QED) is 0.549. The van der Waals surface area contributed by atoms with Crippen LogP contribution >= 0.6 is 0 Å². The highest BCUT2D eigenvalue weighted by Crippen LogP contribution is 2.23. The zero-order valence-electron chi connectivity index (χ0n) is 15.0. The molecule has 1 amide bonds. The number of benzene rings is 2. The number of nitro groups is 1. The second-order valence-corrected chi connectivity index (χ2v) is 7.76. The zero-order valence-corrected chi connectivity index (χ0v) is 15.8. The van der Waals surface area contributed by atoms with Gasteiger partial charge in [-0.05, 0) is 24.6 Å². The van der Waals surface area contributed by atoms with Crippen LogP contribution in [0.4, 0.5) is 5.69 Å². The number of nitrogens with one attached hydrogen (secondary N) is 1. The molecule has 0 heterocycles. The minimum atomic E-state index is -3.66. The maximum Gasteiger partial charge on any atom is 0.269 e. The third-order valence-electron chi connectivity index (χ3n) is 4.22. The fraction of sp³-hybridized carbons (Fsp3) is 0.278. The molecule has 0 aliphatic heterocycles. The van der Waals surface area contributed by atoms with E-state index in [0.29, 0.717) is 5.56 Å². The van der Waals surface area contributed by atoms with Crippen LogP contribution in [0, 0.1) is 10.1 Å². The monoisotopic (exact) mass is 391 g/mol. The Morgan fingerprint density at radius 1 is 1.19 bits per heavy atom. The molecule has 0 aliphatic carbocycles. The predicted octanol–water partition coefficient (Wildman–Crippen LogP) is 2.48. The maximum absolute atomic E-state index is 12.4. The summed E-state index contributed by atoms with van der Waals surface area (Å²) >= 11 is 0. The van der Waals surface area contributed by atoms with Crippen molar-refractivity contribution in [1.82, 2.24) is 9.62 Å². The Kier molecular flexibility index (Phi) is 6.65. The van der Waals surface area contributed by atoms with Crippen LogP contribution < -0.4 is 4.72 Å². The highest BCUT2D eigenvalue weighted by Gasteiger charge is 2.20. The summed E-state index contributed by atoms with van der Waals surface area (Å²) in [5, 5.41) is 10.9. The molecule has 0 bridgehead atoms. The molecule has 2 aromatic carbocycles. The molecule has 0 saturated carbocycles. The molecule has 0 fully saturated rings. The van der Waals surface area contributed by atoms with Gasteiger partial charge in [0.25, 0.3) is 5.69 Å². The molecular formula is C18H21N3O5S. The molecule has 144 valence electrons. The Hall–Kier alpha value is -2.78. The van der Waals surface area contributed by atoms with Crippen LogP contribution in [0.15, 0.2) is 59.5 Å². The molecule has 1 N–H and O–H groups in total.